The van der Waals surface area contributed by atoms with Crippen LogP contribution in [0.2, 0.25) is 0 Å². The van der Waals surface area contributed by atoms with Gasteiger partial charge in [-0.05, 0) is 42.4 Å². The minimum atomic E-state index is -0.584. The first-order valence-electron chi connectivity index (χ1n) is 8.38. The van der Waals surface area contributed by atoms with Gasteiger partial charge in [0.15, 0.2) is 5.76 Å². The van der Waals surface area contributed by atoms with E-state index in [9.17, 15) is 9.59 Å². The van der Waals surface area contributed by atoms with E-state index in [0.29, 0.717) is 6.54 Å². The fourth-order valence-electron chi connectivity index (χ4n) is 2.26. The van der Waals surface area contributed by atoms with Crippen molar-refractivity contribution in [2.24, 2.45) is 5.92 Å². The summed E-state index contributed by atoms with van der Waals surface area (Å²) in [7, 11) is 0. The van der Waals surface area contributed by atoms with Gasteiger partial charge in [0.05, 0.1) is 6.26 Å². The first kappa shape index (κ1) is 19.1. The predicted molar refractivity (Wildman–Crippen MR) is 99.6 cm³/mol. The molecular weight excluding hydrogens is 336 g/mol. The zero-order valence-electron chi connectivity index (χ0n) is 14.5. The largest absolute Gasteiger partial charge is 0.459 e. The van der Waals surface area contributed by atoms with E-state index < -0.39 is 6.04 Å². The molecule has 0 radical (unpaired) electrons. The molecule has 1 aromatic carbocycles. The van der Waals surface area contributed by atoms with Crippen molar-refractivity contribution in [1.82, 2.24) is 10.6 Å². The maximum atomic E-state index is 12.4. The fraction of sp³-hybridized carbons (Fsp3) is 0.368. The summed E-state index contributed by atoms with van der Waals surface area (Å²) in [6, 6.07) is 12.8. The number of hydrogen-bond donors (Lipinski definition) is 2. The molecule has 0 saturated heterocycles. The number of rotatable bonds is 9. The quantitative estimate of drug-likeness (QED) is 0.531. The maximum absolute atomic E-state index is 12.4. The molecule has 0 saturated carbocycles. The van der Waals surface area contributed by atoms with Gasteiger partial charge in [-0.2, -0.15) is 0 Å². The van der Waals surface area contributed by atoms with Gasteiger partial charge < -0.3 is 15.1 Å². The molecule has 6 heteroatoms. The number of nitrogens with one attached hydrogen (secondary N) is 2. The zero-order valence-corrected chi connectivity index (χ0v) is 15.3. The molecule has 0 bridgehead atoms. The van der Waals surface area contributed by atoms with Crippen LogP contribution >= 0.6 is 11.8 Å². The van der Waals surface area contributed by atoms with E-state index in [1.807, 2.05) is 32.0 Å². The van der Waals surface area contributed by atoms with Crippen LogP contribution in [0.3, 0.4) is 0 Å². The molecular formula is C19H24N2O3S. The van der Waals surface area contributed by atoms with Gasteiger partial charge in [-0.1, -0.05) is 32.0 Å². The number of benzene rings is 1. The first-order chi connectivity index (χ1) is 12.1. The SMILES string of the molecule is CC(C)C(NC(=O)c1ccco1)C(=O)NCCCSc1ccccc1. The standard InChI is InChI=1S/C19H24N2O3S/c1-14(2)17(21-18(22)16-10-6-12-24-16)19(23)20-11-7-13-25-15-8-4-3-5-9-15/h3-6,8-10,12,14,17H,7,11,13H2,1-2H3,(H,20,23)(H,21,22). The molecule has 0 aliphatic rings. The lowest BCUT2D eigenvalue weighted by Crippen LogP contribution is -2.49. The highest BCUT2D eigenvalue weighted by Gasteiger charge is 2.25. The molecule has 2 aromatic rings. The average Bonchev–Trinajstić information content (AvgIpc) is 3.14. The first-order valence-corrected chi connectivity index (χ1v) is 9.36. The number of hydrogen-bond acceptors (Lipinski definition) is 4. The molecule has 134 valence electrons. The van der Waals surface area contributed by atoms with Crippen molar-refractivity contribution in [2.75, 3.05) is 12.3 Å². The molecule has 1 aromatic heterocycles. The second-order valence-corrected chi connectivity index (χ2v) is 7.15. The Morgan fingerprint density at radius 1 is 1.12 bits per heavy atom. The summed E-state index contributed by atoms with van der Waals surface area (Å²) in [6.45, 7) is 4.38. The van der Waals surface area contributed by atoms with E-state index in [1.54, 1.807) is 23.9 Å². The molecule has 25 heavy (non-hydrogen) atoms. The summed E-state index contributed by atoms with van der Waals surface area (Å²) < 4.78 is 5.06. The Morgan fingerprint density at radius 3 is 2.52 bits per heavy atom. The highest BCUT2D eigenvalue weighted by molar-refractivity contribution is 7.99. The van der Waals surface area contributed by atoms with Crippen LogP contribution in [0.1, 0.15) is 30.8 Å². The van der Waals surface area contributed by atoms with Crippen LogP contribution in [0, 0.1) is 5.92 Å². The van der Waals surface area contributed by atoms with E-state index in [-0.39, 0.29) is 23.5 Å². The van der Waals surface area contributed by atoms with Crippen LogP contribution in [-0.4, -0.2) is 30.2 Å². The van der Waals surface area contributed by atoms with Crippen LogP contribution in [0.25, 0.3) is 0 Å². The van der Waals surface area contributed by atoms with E-state index in [1.165, 1.54) is 11.2 Å². The van der Waals surface area contributed by atoms with E-state index in [4.69, 9.17) is 4.42 Å². The topological polar surface area (TPSA) is 71.3 Å². The molecule has 1 atom stereocenters. The van der Waals surface area contributed by atoms with Gasteiger partial charge in [0, 0.05) is 11.4 Å². The minimum absolute atomic E-state index is 0.0161. The lowest BCUT2D eigenvalue weighted by atomic mass is 10.0. The van der Waals surface area contributed by atoms with Crippen molar-refractivity contribution in [3.05, 3.63) is 54.5 Å². The fourth-order valence-corrected chi connectivity index (χ4v) is 3.13. The molecule has 2 amide bonds. The lowest BCUT2D eigenvalue weighted by molar-refractivity contribution is -0.123. The Morgan fingerprint density at radius 2 is 1.88 bits per heavy atom. The van der Waals surface area contributed by atoms with Crippen molar-refractivity contribution in [3.8, 4) is 0 Å². The van der Waals surface area contributed by atoms with Crippen molar-refractivity contribution < 1.29 is 14.0 Å². The molecule has 0 aliphatic heterocycles. The van der Waals surface area contributed by atoms with Gasteiger partial charge >= 0.3 is 0 Å². The second-order valence-electron chi connectivity index (χ2n) is 5.98. The van der Waals surface area contributed by atoms with Gasteiger partial charge in [0.1, 0.15) is 6.04 Å². The summed E-state index contributed by atoms with van der Waals surface area (Å²) in [4.78, 5) is 25.7. The van der Waals surface area contributed by atoms with Crippen LogP contribution in [0.5, 0.6) is 0 Å². The van der Waals surface area contributed by atoms with Crippen molar-refractivity contribution >= 4 is 23.6 Å². The Balaban J connectivity index is 1.73. The zero-order chi connectivity index (χ0) is 18.1. The molecule has 0 aliphatic carbocycles. The Kier molecular flexibility index (Phi) is 7.60. The third-order valence-corrected chi connectivity index (χ3v) is 4.71. The van der Waals surface area contributed by atoms with E-state index in [0.717, 1.165) is 12.2 Å². The molecule has 2 rings (SSSR count). The van der Waals surface area contributed by atoms with Crippen LogP contribution in [-0.2, 0) is 4.79 Å². The van der Waals surface area contributed by atoms with Gasteiger partial charge in [-0.15, -0.1) is 11.8 Å². The number of carbonyl (C=O) groups excluding carboxylic acids is 2. The molecule has 5 nitrogen and oxygen atoms in total. The van der Waals surface area contributed by atoms with E-state index in [2.05, 4.69) is 22.8 Å². The number of thioether (sulfide) groups is 1. The average molecular weight is 360 g/mol. The summed E-state index contributed by atoms with van der Waals surface area (Å²) in [5.74, 6) is 0.573. The summed E-state index contributed by atoms with van der Waals surface area (Å²) in [6.07, 6.45) is 2.30. The van der Waals surface area contributed by atoms with Gasteiger partial charge in [0.25, 0.3) is 5.91 Å². The maximum Gasteiger partial charge on any atom is 0.287 e. The van der Waals surface area contributed by atoms with Gasteiger partial charge in [-0.3, -0.25) is 9.59 Å². The predicted octanol–water partition coefficient (Wildman–Crippen LogP) is 3.33. The van der Waals surface area contributed by atoms with Gasteiger partial charge in [-0.25, -0.2) is 0 Å². The second kappa shape index (κ2) is 9.93. The third-order valence-electron chi connectivity index (χ3n) is 3.61. The van der Waals surface area contributed by atoms with E-state index >= 15 is 0 Å². The highest BCUT2D eigenvalue weighted by atomic mass is 32.2. The highest BCUT2D eigenvalue weighted by Crippen LogP contribution is 2.17. The summed E-state index contributed by atoms with van der Waals surface area (Å²) >= 11 is 1.76. The number of amides is 2. The van der Waals surface area contributed by atoms with Crippen molar-refractivity contribution in [3.63, 3.8) is 0 Å². The molecule has 1 unspecified atom stereocenters. The third kappa shape index (κ3) is 6.31. The van der Waals surface area contributed by atoms with Crippen molar-refractivity contribution in [1.29, 1.82) is 0 Å². The smallest absolute Gasteiger partial charge is 0.287 e. The van der Waals surface area contributed by atoms with Crippen LogP contribution in [0.15, 0.2) is 58.0 Å². The summed E-state index contributed by atoms with van der Waals surface area (Å²) in [5.41, 5.74) is 0. The summed E-state index contributed by atoms with van der Waals surface area (Å²) in [5, 5.41) is 5.64. The molecule has 0 fully saturated rings. The number of carbonyl (C=O) groups is 2. The lowest BCUT2D eigenvalue weighted by Gasteiger charge is -2.21. The van der Waals surface area contributed by atoms with Crippen LogP contribution < -0.4 is 10.6 Å². The Hall–Kier alpha value is -2.21. The monoisotopic (exact) mass is 360 g/mol. The normalized spacial score (nSPS) is 12.0. The number of furan rings is 1. The molecule has 1 heterocycles. The Labute approximate surface area is 152 Å². The molecule has 2 N–H and O–H groups in total. The molecule has 0 spiro atoms. The minimum Gasteiger partial charge on any atom is -0.459 e. The Bertz CT molecular complexity index is 657. The van der Waals surface area contributed by atoms with Crippen molar-refractivity contribution in [2.45, 2.75) is 31.2 Å². The van der Waals surface area contributed by atoms with Gasteiger partial charge in [0.2, 0.25) is 5.91 Å². The van der Waals surface area contributed by atoms with Crippen LogP contribution in [0.4, 0.5) is 0 Å².